The fourth-order valence-electron chi connectivity index (χ4n) is 2.50. The van der Waals surface area contributed by atoms with E-state index >= 15 is 0 Å². The minimum Gasteiger partial charge on any atom is -0.311 e. The van der Waals surface area contributed by atoms with Gasteiger partial charge in [-0.3, -0.25) is 4.79 Å². The Balaban J connectivity index is 2.01. The highest BCUT2D eigenvalue weighted by Gasteiger charge is 2.22. The van der Waals surface area contributed by atoms with E-state index in [-0.39, 0.29) is 5.91 Å². The predicted molar refractivity (Wildman–Crippen MR) is 83.9 cm³/mol. The van der Waals surface area contributed by atoms with Crippen molar-refractivity contribution in [2.45, 2.75) is 6.54 Å². The largest absolute Gasteiger partial charge is 0.311 e. The van der Waals surface area contributed by atoms with Gasteiger partial charge in [0.15, 0.2) is 0 Å². The summed E-state index contributed by atoms with van der Waals surface area (Å²) in [4.78, 5) is 14.4. The molecule has 3 nitrogen and oxygen atoms in total. The van der Waals surface area contributed by atoms with E-state index in [0.717, 1.165) is 17.8 Å². The summed E-state index contributed by atoms with van der Waals surface area (Å²) in [6, 6.07) is 12.0. The number of hydrogen-bond acceptors (Lipinski definition) is 2. The van der Waals surface area contributed by atoms with E-state index in [2.05, 4.69) is 21.2 Å². The third-order valence-electron chi connectivity index (χ3n) is 3.46. The van der Waals surface area contributed by atoms with Crippen LogP contribution in [0.5, 0.6) is 0 Å². The zero-order valence-electron chi connectivity index (χ0n) is 11.3. The van der Waals surface area contributed by atoms with Gasteiger partial charge >= 0.3 is 0 Å². The fourth-order valence-corrected chi connectivity index (χ4v) is 2.97. The Kier molecular flexibility index (Phi) is 4.03. The molecule has 0 fully saturated rings. The lowest BCUT2D eigenvalue weighted by Gasteiger charge is -2.22. The summed E-state index contributed by atoms with van der Waals surface area (Å²) in [6.07, 6.45) is 0. The van der Waals surface area contributed by atoms with Crippen molar-refractivity contribution >= 4 is 27.5 Å². The summed E-state index contributed by atoms with van der Waals surface area (Å²) < 4.78 is 14.1. The molecule has 1 aliphatic rings. The molecule has 0 unspecified atom stereocenters. The molecule has 0 saturated heterocycles. The number of fused-ring (bicyclic) bond motifs is 1. The van der Waals surface area contributed by atoms with Crippen molar-refractivity contribution in [2.75, 3.05) is 18.0 Å². The SMILES string of the molecule is O=C(c1cc(F)cc(Br)c1)N1CCNCc2ccccc21. The first kappa shape index (κ1) is 14.2. The number of carbonyl (C=O) groups is 1. The highest BCUT2D eigenvalue weighted by molar-refractivity contribution is 9.10. The molecule has 0 spiro atoms. The second-order valence-electron chi connectivity index (χ2n) is 4.92. The molecule has 108 valence electrons. The molecule has 1 heterocycles. The van der Waals surface area contributed by atoms with Crippen molar-refractivity contribution in [3.8, 4) is 0 Å². The van der Waals surface area contributed by atoms with Crippen molar-refractivity contribution in [2.24, 2.45) is 0 Å². The Labute approximate surface area is 130 Å². The molecular formula is C16H14BrFN2O. The predicted octanol–water partition coefficient (Wildman–Crippen LogP) is 3.34. The number of nitrogens with zero attached hydrogens (tertiary/aromatic N) is 1. The van der Waals surface area contributed by atoms with Gasteiger partial charge in [-0.1, -0.05) is 34.1 Å². The quantitative estimate of drug-likeness (QED) is 0.857. The number of rotatable bonds is 1. The smallest absolute Gasteiger partial charge is 0.258 e. The molecule has 1 N–H and O–H groups in total. The number of anilines is 1. The van der Waals surface area contributed by atoms with Crippen LogP contribution >= 0.6 is 15.9 Å². The normalized spacial score (nSPS) is 14.5. The Hall–Kier alpha value is -1.72. The van der Waals surface area contributed by atoms with Gasteiger partial charge < -0.3 is 10.2 Å². The summed E-state index contributed by atoms with van der Waals surface area (Å²) in [7, 11) is 0. The molecule has 0 aromatic heterocycles. The summed E-state index contributed by atoms with van der Waals surface area (Å²) in [5.41, 5.74) is 2.30. The van der Waals surface area contributed by atoms with Gasteiger partial charge in [-0.05, 0) is 29.8 Å². The monoisotopic (exact) mass is 348 g/mol. The van der Waals surface area contributed by atoms with Gasteiger partial charge in [0.25, 0.3) is 5.91 Å². The molecule has 0 radical (unpaired) electrons. The Morgan fingerprint density at radius 2 is 2.05 bits per heavy atom. The average molecular weight is 349 g/mol. The molecule has 1 amide bonds. The van der Waals surface area contributed by atoms with E-state index in [1.807, 2.05) is 24.3 Å². The van der Waals surface area contributed by atoms with Crippen LogP contribution in [-0.2, 0) is 6.54 Å². The number of hydrogen-bond donors (Lipinski definition) is 1. The van der Waals surface area contributed by atoms with Crippen molar-refractivity contribution in [3.63, 3.8) is 0 Å². The van der Waals surface area contributed by atoms with Crippen LogP contribution in [0.4, 0.5) is 10.1 Å². The van der Waals surface area contributed by atoms with E-state index in [0.29, 0.717) is 23.1 Å². The summed E-state index contributed by atoms with van der Waals surface area (Å²) >= 11 is 3.23. The number of para-hydroxylation sites is 1. The third-order valence-corrected chi connectivity index (χ3v) is 3.92. The molecule has 2 aromatic rings. The molecule has 21 heavy (non-hydrogen) atoms. The minimum absolute atomic E-state index is 0.189. The second-order valence-corrected chi connectivity index (χ2v) is 5.84. The van der Waals surface area contributed by atoms with E-state index in [1.165, 1.54) is 12.1 Å². The summed E-state index contributed by atoms with van der Waals surface area (Å²) in [5.74, 6) is -0.611. The first-order valence-corrected chi connectivity index (χ1v) is 7.51. The van der Waals surface area contributed by atoms with E-state index in [4.69, 9.17) is 0 Å². The van der Waals surface area contributed by atoms with E-state index < -0.39 is 5.82 Å². The Bertz CT molecular complexity index is 669. The molecule has 2 aromatic carbocycles. The number of benzene rings is 2. The molecule has 5 heteroatoms. The van der Waals surface area contributed by atoms with Gasteiger partial charge in [-0.15, -0.1) is 0 Å². The van der Waals surface area contributed by atoms with Gasteiger partial charge in [-0.2, -0.15) is 0 Å². The molecular weight excluding hydrogens is 335 g/mol. The van der Waals surface area contributed by atoms with Crippen LogP contribution in [-0.4, -0.2) is 19.0 Å². The number of amides is 1. The van der Waals surface area contributed by atoms with Crippen LogP contribution in [0.1, 0.15) is 15.9 Å². The third kappa shape index (κ3) is 2.99. The first-order valence-electron chi connectivity index (χ1n) is 6.72. The van der Waals surface area contributed by atoms with Crippen LogP contribution in [0, 0.1) is 5.82 Å². The maximum absolute atomic E-state index is 13.5. The van der Waals surface area contributed by atoms with Gasteiger partial charge in [0.2, 0.25) is 0 Å². The van der Waals surface area contributed by atoms with Crippen molar-refractivity contribution in [1.82, 2.24) is 5.32 Å². The van der Waals surface area contributed by atoms with Crippen molar-refractivity contribution < 1.29 is 9.18 Å². The summed E-state index contributed by atoms with van der Waals surface area (Å²) in [5, 5.41) is 3.29. The molecule has 0 saturated carbocycles. The molecule has 0 atom stereocenters. The number of nitrogens with one attached hydrogen (secondary N) is 1. The lowest BCUT2D eigenvalue weighted by molar-refractivity contribution is 0.0987. The van der Waals surface area contributed by atoms with Gasteiger partial charge in [0.1, 0.15) is 5.82 Å². The zero-order valence-corrected chi connectivity index (χ0v) is 12.9. The minimum atomic E-state index is -0.422. The molecule has 3 rings (SSSR count). The lowest BCUT2D eigenvalue weighted by Crippen LogP contribution is -2.34. The summed E-state index contributed by atoms with van der Waals surface area (Å²) in [6.45, 7) is 1.99. The maximum Gasteiger partial charge on any atom is 0.258 e. The first-order chi connectivity index (χ1) is 10.1. The van der Waals surface area contributed by atoms with Crippen LogP contribution in [0.25, 0.3) is 0 Å². The van der Waals surface area contributed by atoms with Crippen molar-refractivity contribution in [1.29, 1.82) is 0 Å². The second kappa shape index (κ2) is 5.95. The topological polar surface area (TPSA) is 32.3 Å². The van der Waals surface area contributed by atoms with E-state index in [9.17, 15) is 9.18 Å². The van der Waals surface area contributed by atoms with Gasteiger partial charge in [0, 0.05) is 35.4 Å². The molecule has 1 aliphatic heterocycles. The molecule has 0 aliphatic carbocycles. The van der Waals surface area contributed by atoms with Crippen LogP contribution in [0.15, 0.2) is 46.9 Å². The van der Waals surface area contributed by atoms with Crippen LogP contribution in [0.2, 0.25) is 0 Å². The molecule has 0 bridgehead atoms. The number of carbonyl (C=O) groups excluding carboxylic acids is 1. The highest BCUT2D eigenvalue weighted by Crippen LogP contribution is 2.25. The lowest BCUT2D eigenvalue weighted by atomic mass is 10.1. The van der Waals surface area contributed by atoms with Crippen LogP contribution in [0.3, 0.4) is 0 Å². The van der Waals surface area contributed by atoms with E-state index in [1.54, 1.807) is 11.0 Å². The average Bonchev–Trinajstić information content (AvgIpc) is 2.68. The van der Waals surface area contributed by atoms with Crippen molar-refractivity contribution in [3.05, 3.63) is 63.9 Å². The van der Waals surface area contributed by atoms with Gasteiger partial charge in [0.05, 0.1) is 0 Å². The fraction of sp³-hybridized carbons (Fsp3) is 0.188. The Morgan fingerprint density at radius 3 is 2.86 bits per heavy atom. The standard InChI is InChI=1S/C16H14BrFN2O/c17-13-7-12(8-14(18)9-13)16(21)20-6-5-19-10-11-3-1-2-4-15(11)20/h1-4,7-9,19H,5-6,10H2. The Morgan fingerprint density at radius 1 is 1.24 bits per heavy atom. The highest BCUT2D eigenvalue weighted by atomic mass is 79.9. The van der Waals surface area contributed by atoms with Gasteiger partial charge in [-0.25, -0.2) is 4.39 Å². The zero-order chi connectivity index (χ0) is 14.8. The number of halogens is 2. The maximum atomic E-state index is 13.5. The van der Waals surface area contributed by atoms with Crippen LogP contribution < -0.4 is 10.2 Å².